The molecule has 3 heterocycles. The molecule has 9 nitrogen and oxygen atoms in total. The number of rotatable bonds is 4. The van der Waals surface area contributed by atoms with E-state index in [1.54, 1.807) is 24.3 Å². The van der Waals surface area contributed by atoms with Crippen LogP contribution in [0.4, 0.5) is 5.69 Å². The number of carboxylic acids is 1. The molecule has 0 amide bonds. The summed E-state index contributed by atoms with van der Waals surface area (Å²) in [5.41, 5.74) is 0.366. The zero-order valence-corrected chi connectivity index (χ0v) is 18.0. The second-order valence-corrected chi connectivity index (χ2v) is 9.36. The Morgan fingerprint density at radius 3 is 2.42 bits per heavy atom. The highest BCUT2D eigenvalue weighted by Gasteiger charge is 2.28. The number of hydrogen-bond donors (Lipinski definition) is 2. The molecule has 0 radical (unpaired) electrons. The van der Waals surface area contributed by atoms with E-state index in [2.05, 4.69) is 0 Å². The number of aliphatic carboxylic acids is 1. The van der Waals surface area contributed by atoms with E-state index in [-0.39, 0.29) is 28.2 Å². The monoisotopic (exact) mass is 469 g/mol. The molecule has 1 fully saturated rings. The van der Waals surface area contributed by atoms with E-state index in [1.165, 1.54) is 18.2 Å². The lowest BCUT2D eigenvalue weighted by Gasteiger charge is -2.31. The maximum Gasteiger partial charge on any atom is 0.347 e. The third kappa shape index (κ3) is 3.77. The molecular formula is C23H19NO8S. The number of para-hydroxylation sites is 1. The maximum absolute atomic E-state index is 12.8. The Hall–Kier alpha value is -3.63. The highest BCUT2D eigenvalue weighted by atomic mass is 32.2. The van der Waals surface area contributed by atoms with Crippen LogP contribution in [0.3, 0.4) is 0 Å². The Morgan fingerprint density at radius 2 is 1.73 bits per heavy atom. The van der Waals surface area contributed by atoms with Gasteiger partial charge in [0.15, 0.2) is 5.76 Å². The largest absolute Gasteiger partial charge is 0.481 e. The normalized spacial score (nSPS) is 15.4. The second kappa shape index (κ2) is 7.75. The van der Waals surface area contributed by atoms with Crippen molar-refractivity contribution in [2.24, 2.45) is 5.92 Å². The van der Waals surface area contributed by atoms with Gasteiger partial charge in [-0.2, -0.15) is 8.42 Å². The predicted octanol–water partition coefficient (Wildman–Crippen LogP) is 3.75. The minimum absolute atomic E-state index is 0.124. The smallest absolute Gasteiger partial charge is 0.347 e. The Labute approximate surface area is 187 Å². The van der Waals surface area contributed by atoms with Crippen LogP contribution in [0.2, 0.25) is 0 Å². The number of carboxylic acid groups (broad SMARTS) is 1. The molecule has 5 rings (SSSR count). The zero-order chi connectivity index (χ0) is 23.3. The van der Waals surface area contributed by atoms with E-state index in [0.717, 1.165) is 5.69 Å². The van der Waals surface area contributed by atoms with Crippen molar-refractivity contribution in [1.29, 1.82) is 0 Å². The Morgan fingerprint density at radius 1 is 1.00 bits per heavy atom. The first-order valence-corrected chi connectivity index (χ1v) is 11.7. The molecule has 33 heavy (non-hydrogen) atoms. The lowest BCUT2D eigenvalue weighted by Crippen LogP contribution is -2.36. The fraction of sp³-hybridized carbons (Fsp3) is 0.217. The molecule has 10 heteroatoms. The van der Waals surface area contributed by atoms with Crippen LogP contribution in [-0.4, -0.2) is 37.1 Å². The van der Waals surface area contributed by atoms with Gasteiger partial charge in [0.05, 0.1) is 5.92 Å². The average molecular weight is 469 g/mol. The van der Waals surface area contributed by atoms with Gasteiger partial charge in [-0.05, 0) is 43.2 Å². The van der Waals surface area contributed by atoms with Crippen molar-refractivity contribution < 1.29 is 31.7 Å². The summed E-state index contributed by atoms with van der Waals surface area (Å²) in [6, 6.07) is 13.0. The summed E-state index contributed by atoms with van der Waals surface area (Å²) in [5.74, 6) is -1.43. The van der Waals surface area contributed by atoms with Crippen LogP contribution in [0.25, 0.3) is 33.3 Å². The van der Waals surface area contributed by atoms with Crippen molar-refractivity contribution in [1.82, 2.24) is 0 Å². The summed E-state index contributed by atoms with van der Waals surface area (Å²) in [4.78, 5) is 25.5. The van der Waals surface area contributed by atoms with Crippen LogP contribution in [0.1, 0.15) is 12.8 Å². The molecule has 0 unspecified atom stereocenters. The molecule has 2 aromatic carbocycles. The van der Waals surface area contributed by atoms with Crippen molar-refractivity contribution in [2.45, 2.75) is 17.7 Å². The summed E-state index contributed by atoms with van der Waals surface area (Å²) in [5, 5.41) is 9.87. The first kappa shape index (κ1) is 21.2. The fourth-order valence-corrected chi connectivity index (χ4v) is 5.13. The van der Waals surface area contributed by atoms with Crippen molar-refractivity contribution in [3.63, 3.8) is 0 Å². The van der Waals surface area contributed by atoms with Gasteiger partial charge in [-0.3, -0.25) is 9.35 Å². The zero-order valence-electron chi connectivity index (χ0n) is 17.2. The first-order chi connectivity index (χ1) is 15.7. The SMILES string of the molecule is O=C(O)C1CCN(c2ccc3cc(-c4oc5ccccc5c4S(=O)(=O)O)c(=O)oc3c2)CC1. The Bertz CT molecular complexity index is 1560. The van der Waals surface area contributed by atoms with Crippen LogP contribution < -0.4 is 10.5 Å². The average Bonchev–Trinajstić information content (AvgIpc) is 3.18. The molecule has 170 valence electrons. The number of piperidine rings is 1. The number of anilines is 1. The van der Waals surface area contributed by atoms with E-state index in [9.17, 15) is 27.7 Å². The first-order valence-electron chi connectivity index (χ1n) is 10.3. The van der Waals surface area contributed by atoms with Crippen LogP contribution in [0, 0.1) is 5.92 Å². The minimum atomic E-state index is -4.69. The molecule has 1 aliphatic heterocycles. The van der Waals surface area contributed by atoms with Crippen molar-refractivity contribution in [3.8, 4) is 11.3 Å². The number of hydrogen-bond acceptors (Lipinski definition) is 7. The van der Waals surface area contributed by atoms with Crippen LogP contribution in [0.5, 0.6) is 0 Å². The van der Waals surface area contributed by atoms with Crippen molar-refractivity contribution in [3.05, 3.63) is 59.0 Å². The van der Waals surface area contributed by atoms with E-state index >= 15 is 0 Å². The molecule has 1 aliphatic rings. The molecule has 0 bridgehead atoms. The standard InChI is InChI=1S/C23H19NO8S/c25-22(26)13-7-9-24(10-8-13)15-6-5-14-11-17(23(27)32-19(14)12-15)20-21(33(28,29)30)16-3-1-2-4-18(16)31-20/h1-6,11-13H,7-10H2,(H,25,26)(H,28,29,30). The lowest BCUT2D eigenvalue weighted by atomic mass is 9.96. The molecule has 2 aromatic heterocycles. The topological polar surface area (TPSA) is 138 Å². The van der Waals surface area contributed by atoms with Gasteiger partial charge in [-0.1, -0.05) is 12.1 Å². The van der Waals surface area contributed by atoms with Crippen LogP contribution in [0.15, 0.2) is 67.1 Å². The molecule has 4 aromatic rings. The highest BCUT2D eigenvalue weighted by molar-refractivity contribution is 7.86. The molecule has 2 N–H and O–H groups in total. The molecular weight excluding hydrogens is 450 g/mol. The van der Waals surface area contributed by atoms with Crippen LogP contribution >= 0.6 is 0 Å². The number of furan rings is 1. The summed E-state index contributed by atoms with van der Waals surface area (Å²) in [7, 11) is -4.69. The number of fused-ring (bicyclic) bond motifs is 2. The van der Waals surface area contributed by atoms with Gasteiger partial charge in [-0.25, -0.2) is 4.79 Å². The highest BCUT2D eigenvalue weighted by Crippen LogP contribution is 2.37. The van der Waals surface area contributed by atoms with Gasteiger partial charge in [0.2, 0.25) is 0 Å². The van der Waals surface area contributed by atoms with Crippen molar-refractivity contribution >= 4 is 43.7 Å². The molecule has 0 aliphatic carbocycles. The van der Waals surface area contributed by atoms with E-state index in [4.69, 9.17) is 8.83 Å². The maximum atomic E-state index is 12.8. The van der Waals surface area contributed by atoms with E-state index < -0.39 is 26.6 Å². The van der Waals surface area contributed by atoms with Gasteiger partial charge >= 0.3 is 11.6 Å². The second-order valence-electron chi connectivity index (χ2n) is 8.00. The quantitative estimate of drug-likeness (QED) is 0.338. The molecule has 0 atom stereocenters. The van der Waals surface area contributed by atoms with Gasteiger partial charge < -0.3 is 18.8 Å². The van der Waals surface area contributed by atoms with Gasteiger partial charge in [-0.15, -0.1) is 0 Å². The van der Waals surface area contributed by atoms with Crippen molar-refractivity contribution in [2.75, 3.05) is 18.0 Å². The lowest BCUT2D eigenvalue weighted by molar-refractivity contribution is -0.142. The van der Waals surface area contributed by atoms with Crippen LogP contribution in [-0.2, 0) is 14.9 Å². The van der Waals surface area contributed by atoms with Gasteiger partial charge in [0, 0.05) is 35.6 Å². The molecule has 0 spiro atoms. The van der Waals surface area contributed by atoms with Gasteiger partial charge in [0.1, 0.15) is 21.6 Å². The van der Waals surface area contributed by atoms with E-state index in [0.29, 0.717) is 36.9 Å². The fourth-order valence-electron chi connectivity index (χ4n) is 4.29. The molecule has 0 saturated carbocycles. The summed E-state index contributed by atoms with van der Waals surface area (Å²) in [6.45, 7) is 1.14. The van der Waals surface area contributed by atoms with Gasteiger partial charge in [0.25, 0.3) is 10.1 Å². The number of nitrogens with zero attached hydrogens (tertiary/aromatic N) is 1. The summed E-state index contributed by atoms with van der Waals surface area (Å²) >= 11 is 0. The Balaban J connectivity index is 1.57. The predicted molar refractivity (Wildman–Crippen MR) is 120 cm³/mol. The summed E-state index contributed by atoms with van der Waals surface area (Å²) < 4.78 is 45.1. The number of carbonyl (C=O) groups is 1. The number of benzene rings is 2. The summed E-state index contributed by atoms with van der Waals surface area (Å²) in [6.07, 6.45) is 1.06. The molecule has 1 saturated heterocycles. The van der Waals surface area contributed by atoms with E-state index in [1.807, 2.05) is 11.0 Å². The minimum Gasteiger partial charge on any atom is -0.481 e. The Kier molecular flexibility index (Phi) is 4.98. The third-order valence-corrected chi connectivity index (χ3v) is 6.90. The third-order valence-electron chi connectivity index (χ3n) is 5.98.